The van der Waals surface area contributed by atoms with Gasteiger partial charge in [-0.05, 0) is 33.3 Å². The second-order valence-corrected chi connectivity index (χ2v) is 5.41. The normalized spacial score (nSPS) is 20.6. The highest BCUT2D eigenvalue weighted by Crippen LogP contribution is 2.26. The molecule has 0 spiro atoms. The summed E-state index contributed by atoms with van der Waals surface area (Å²) in [5, 5.41) is 6.97. The van der Waals surface area contributed by atoms with Crippen LogP contribution in [-0.2, 0) is 4.74 Å². The van der Waals surface area contributed by atoms with Crippen molar-refractivity contribution in [2.45, 2.75) is 38.7 Å². The van der Waals surface area contributed by atoms with Gasteiger partial charge in [0.2, 0.25) is 0 Å². The summed E-state index contributed by atoms with van der Waals surface area (Å²) in [4.78, 5) is 13.6. The fourth-order valence-corrected chi connectivity index (χ4v) is 1.99. The molecule has 2 rings (SSSR count). The Hall–Kier alpha value is -1.52. The maximum atomic E-state index is 11.9. The van der Waals surface area contributed by atoms with Gasteiger partial charge in [-0.15, -0.1) is 0 Å². The summed E-state index contributed by atoms with van der Waals surface area (Å²) < 4.78 is 5.35. The van der Waals surface area contributed by atoms with Crippen molar-refractivity contribution >= 4 is 6.09 Å². The quantitative estimate of drug-likeness (QED) is 0.814. The number of hydrogen-bond acceptors (Lipinski definition) is 3. The van der Waals surface area contributed by atoms with E-state index in [4.69, 9.17) is 4.74 Å². The van der Waals surface area contributed by atoms with Crippen LogP contribution in [0.25, 0.3) is 0 Å². The monoisotopic (exact) mass is 237 g/mol. The Morgan fingerprint density at radius 2 is 2.35 bits per heavy atom. The van der Waals surface area contributed by atoms with Crippen molar-refractivity contribution in [1.29, 1.82) is 0 Å². The molecule has 1 aromatic heterocycles. The SMILES string of the molecule is CC(C)(C)OC(=O)N1CCC(c2cc[nH]n2)C1. The minimum Gasteiger partial charge on any atom is -0.444 e. The maximum absolute atomic E-state index is 11.9. The van der Waals surface area contributed by atoms with Gasteiger partial charge in [-0.2, -0.15) is 5.10 Å². The molecule has 1 N–H and O–H groups in total. The summed E-state index contributed by atoms with van der Waals surface area (Å²) in [6.45, 7) is 7.08. The van der Waals surface area contributed by atoms with Crippen LogP contribution in [0.4, 0.5) is 4.79 Å². The topological polar surface area (TPSA) is 58.2 Å². The Kier molecular flexibility index (Phi) is 3.09. The van der Waals surface area contributed by atoms with Gasteiger partial charge in [0.05, 0.1) is 5.69 Å². The standard InChI is InChI=1S/C12H19N3O2/c1-12(2,3)17-11(16)15-7-5-9(8-15)10-4-6-13-14-10/h4,6,9H,5,7-8H2,1-3H3,(H,13,14). The number of H-pyrrole nitrogens is 1. The summed E-state index contributed by atoms with van der Waals surface area (Å²) in [5.41, 5.74) is 0.595. The Labute approximate surface area is 101 Å². The molecule has 0 aliphatic carbocycles. The average molecular weight is 237 g/mol. The summed E-state index contributed by atoms with van der Waals surface area (Å²) in [7, 11) is 0. The number of ether oxygens (including phenoxy) is 1. The lowest BCUT2D eigenvalue weighted by Crippen LogP contribution is -2.35. The number of carbonyl (C=O) groups excluding carboxylic acids is 1. The number of aromatic nitrogens is 2. The summed E-state index contributed by atoms with van der Waals surface area (Å²) in [6, 6.07) is 1.96. The zero-order valence-corrected chi connectivity index (χ0v) is 10.6. The molecular formula is C12H19N3O2. The van der Waals surface area contributed by atoms with E-state index in [0.29, 0.717) is 12.5 Å². The molecule has 0 bridgehead atoms. The molecule has 5 heteroatoms. The summed E-state index contributed by atoms with van der Waals surface area (Å²) >= 11 is 0. The Morgan fingerprint density at radius 3 is 2.94 bits per heavy atom. The van der Waals surface area contributed by atoms with Gasteiger partial charge >= 0.3 is 6.09 Å². The van der Waals surface area contributed by atoms with Gasteiger partial charge in [0, 0.05) is 25.2 Å². The third kappa shape index (κ3) is 2.99. The molecular weight excluding hydrogens is 218 g/mol. The van der Waals surface area contributed by atoms with Gasteiger partial charge in [0.25, 0.3) is 0 Å². The van der Waals surface area contributed by atoms with Gasteiger partial charge in [-0.25, -0.2) is 4.79 Å². The number of rotatable bonds is 1. The van der Waals surface area contributed by atoms with Crippen molar-refractivity contribution in [1.82, 2.24) is 15.1 Å². The first-order chi connectivity index (χ1) is 7.96. The van der Waals surface area contributed by atoms with Crippen molar-refractivity contribution < 1.29 is 9.53 Å². The number of nitrogens with zero attached hydrogens (tertiary/aromatic N) is 2. The summed E-state index contributed by atoms with van der Waals surface area (Å²) in [6.07, 6.45) is 2.53. The van der Waals surface area contributed by atoms with Crippen molar-refractivity contribution in [3.8, 4) is 0 Å². The second kappa shape index (κ2) is 4.39. The molecule has 0 radical (unpaired) electrons. The number of nitrogens with one attached hydrogen (secondary N) is 1. The maximum Gasteiger partial charge on any atom is 0.410 e. The first-order valence-corrected chi connectivity index (χ1v) is 5.93. The Balaban J connectivity index is 1.92. The minimum absolute atomic E-state index is 0.226. The molecule has 1 aliphatic heterocycles. The molecule has 1 fully saturated rings. The molecule has 1 unspecified atom stereocenters. The summed E-state index contributed by atoms with van der Waals surface area (Å²) in [5.74, 6) is 0.328. The highest BCUT2D eigenvalue weighted by atomic mass is 16.6. The van der Waals surface area contributed by atoms with Crippen LogP contribution in [0.5, 0.6) is 0 Å². The van der Waals surface area contributed by atoms with E-state index in [0.717, 1.165) is 18.7 Å². The lowest BCUT2D eigenvalue weighted by molar-refractivity contribution is 0.0292. The number of likely N-dealkylation sites (tertiary alicyclic amines) is 1. The number of carbonyl (C=O) groups is 1. The van der Waals surface area contributed by atoms with E-state index in [9.17, 15) is 4.79 Å². The van der Waals surface area contributed by atoms with Crippen LogP contribution >= 0.6 is 0 Å². The molecule has 1 atom stereocenters. The predicted octanol–water partition coefficient (Wildman–Crippen LogP) is 2.13. The van der Waals surface area contributed by atoms with Crippen molar-refractivity contribution in [3.05, 3.63) is 18.0 Å². The lowest BCUT2D eigenvalue weighted by atomic mass is 10.1. The van der Waals surface area contributed by atoms with Gasteiger partial charge in [0.1, 0.15) is 5.60 Å². The molecule has 17 heavy (non-hydrogen) atoms. The van der Waals surface area contributed by atoms with Gasteiger partial charge < -0.3 is 9.64 Å². The van der Waals surface area contributed by atoms with E-state index < -0.39 is 5.60 Å². The largest absolute Gasteiger partial charge is 0.444 e. The Bertz CT molecular complexity index is 381. The molecule has 1 aliphatic rings. The van der Waals surface area contributed by atoms with Crippen LogP contribution in [-0.4, -0.2) is 39.9 Å². The zero-order valence-electron chi connectivity index (χ0n) is 10.6. The second-order valence-electron chi connectivity index (χ2n) is 5.41. The predicted molar refractivity (Wildman–Crippen MR) is 63.8 cm³/mol. The van der Waals surface area contributed by atoms with E-state index in [-0.39, 0.29) is 6.09 Å². The highest BCUT2D eigenvalue weighted by Gasteiger charge is 2.31. The van der Waals surface area contributed by atoms with Crippen LogP contribution in [0.3, 0.4) is 0 Å². The van der Waals surface area contributed by atoms with Crippen LogP contribution in [0.2, 0.25) is 0 Å². The van der Waals surface area contributed by atoms with Crippen LogP contribution < -0.4 is 0 Å². The molecule has 0 aromatic carbocycles. The number of aromatic amines is 1. The fraction of sp³-hybridized carbons (Fsp3) is 0.667. The fourth-order valence-electron chi connectivity index (χ4n) is 1.99. The highest BCUT2D eigenvalue weighted by molar-refractivity contribution is 5.68. The van der Waals surface area contributed by atoms with Crippen LogP contribution in [0.1, 0.15) is 38.8 Å². The van der Waals surface area contributed by atoms with E-state index >= 15 is 0 Å². The Morgan fingerprint density at radius 1 is 1.59 bits per heavy atom. The third-order valence-electron chi connectivity index (χ3n) is 2.78. The van der Waals surface area contributed by atoms with E-state index in [1.54, 1.807) is 4.90 Å². The molecule has 1 aromatic rings. The molecule has 5 nitrogen and oxygen atoms in total. The first-order valence-electron chi connectivity index (χ1n) is 5.93. The number of amides is 1. The molecule has 94 valence electrons. The van der Waals surface area contributed by atoms with Gasteiger partial charge in [-0.1, -0.05) is 0 Å². The third-order valence-corrected chi connectivity index (χ3v) is 2.78. The van der Waals surface area contributed by atoms with Crippen LogP contribution in [0.15, 0.2) is 12.3 Å². The van der Waals surface area contributed by atoms with E-state index in [2.05, 4.69) is 10.2 Å². The van der Waals surface area contributed by atoms with E-state index in [1.807, 2.05) is 33.0 Å². The molecule has 1 amide bonds. The first kappa shape index (κ1) is 12.0. The van der Waals surface area contributed by atoms with Gasteiger partial charge in [0.15, 0.2) is 0 Å². The van der Waals surface area contributed by atoms with Crippen molar-refractivity contribution in [3.63, 3.8) is 0 Å². The zero-order chi connectivity index (χ0) is 12.5. The van der Waals surface area contributed by atoms with E-state index in [1.165, 1.54) is 0 Å². The molecule has 2 heterocycles. The van der Waals surface area contributed by atoms with Gasteiger partial charge in [-0.3, -0.25) is 5.10 Å². The number of hydrogen-bond donors (Lipinski definition) is 1. The van der Waals surface area contributed by atoms with Crippen molar-refractivity contribution in [2.24, 2.45) is 0 Å². The molecule has 0 saturated carbocycles. The lowest BCUT2D eigenvalue weighted by Gasteiger charge is -2.24. The molecule has 1 saturated heterocycles. The smallest absolute Gasteiger partial charge is 0.410 e. The van der Waals surface area contributed by atoms with Crippen molar-refractivity contribution in [2.75, 3.05) is 13.1 Å². The minimum atomic E-state index is -0.429. The average Bonchev–Trinajstić information content (AvgIpc) is 2.86. The van der Waals surface area contributed by atoms with Crippen LogP contribution in [0, 0.1) is 0 Å².